The van der Waals surface area contributed by atoms with Crippen molar-refractivity contribution in [1.82, 2.24) is 0 Å². The summed E-state index contributed by atoms with van der Waals surface area (Å²) in [6.45, 7) is 0. The molecule has 0 heterocycles. The van der Waals surface area contributed by atoms with Crippen LogP contribution in [0.5, 0.6) is 0 Å². The van der Waals surface area contributed by atoms with Crippen molar-refractivity contribution in [3.05, 3.63) is 34.3 Å². The lowest BCUT2D eigenvalue weighted by Crippen LogP contribution is -2.18. The van der Waals surface area contributed by atoms with Gasteiger partial charge in [-0.25, -0.2) is 0 Å². The molecule has 2 heteroatoms. The second kappa shape index (κ2) is 1.83. The summed E-state index contributed by atoms with van der Waals surface area (Å²) in [5.41, 5.74) is 1.81. The number of hydrogen-bond donors (Lipinski definition) is 0. The smallest absolute Gasteiger partial charge is 0.169 e. The molecule has 0 saturated heterocycles. The minimum absolute atomic E-state index is 0.167. The summed E-state index contributed by atoms with van der Waals surface area (Å²) in [4.78, 5) is 10.9. The van der Waals surface area contributed by atoms with Gasteiger partial charge in [-0.05, 0) is 11.6 Å². The Morgan fingerprint density at radius 3 is 2.70 bits per heavy atom. The molecule has 1 aliphatic carbocycles. The maximum absolute atomic E-state index is 10.9. The van der Waals surface area contributed by atoms with E-state index < -0.39 is 0 Å². The number of Topliss-reactive ketones (excluding diaryl/α,β-unsaturated/α-hetero) is 1. The number of benzene rings is 1. The topological polar surface area (TPSA) is 17.1 Å². The number of carbonyl (C=O) groups excluding carboxylic acids is 1. The molecule has 1 aliphatic rings. The van der Waals surface area contributed by atoms with Crippen LogP contribution in [0, 0.1) is 0 Å². The molecule has 2 rings (SSSR count). The Morgan fingerprint density at radius 1 is 1.40 bits per heavy atom. The highest BCUT2D eigenvalue weighted by molar-refractivity contribution is 6.35. The Labute approximate surface area is 63.6 Å². The van der Waals surface area contributed by atoms with Gasteiger partial charge in [0.2, 0.25) is 0 Å². The molecule has 0 radical (unpaired) electrons. The fourth-order valence-corrected chi connectivity index (χ4v) is 1.48. The van der Waals surface area contributed by atoms with E-state index in [0.717, 1.165) is 11.1 Å². The van der Waals surface area contributed by atoms with Crippen LogP contribution in [0.25, 0.3) is 0 Å². The van der Waals surface area contributed by atoms with E-state index >= 15 is 0 Å². The standard InChI is InChI=1S/C8H5ClO/c9-6-3-1-2-5-4-7(10)8(5)6/h1-3H,4H2. The highest BCUT2D eigenvalue weighted by atomic mass is 35.5. The fourth-order valence-electron chi connectivity index (χ4n) is 1.18. The maximum atomic E-state index is 10.9. The zero-order valence-electron chi connectivity index (χ0n) is 5.23. The van der Waals surface area contributed by atoms with Gasteiger partial charge in [0.05, 0.1) is 5.02 Å². The number of carbonyl (C=O) groups is 1. The molecule has 0 aromatic heterocycles. The van der Waals surface area contributed by atoms with Gasteiger partial charge in [-0.15, -0.1) is 0 Å². The van der Waals surface area contributed by atoms with E-state index in [1.54, 1.807) is 6.07 Å². The fraction of sp³-hybridized carbons (Fsp3) is 0.125. The van der Waals surface area contributed by atoms with Crippen molar-refractivity contribution in [3.8, 4) is 0 Å². The molecule has 0 fully saturated rings. The summed E-state index contributed by atoms with van der Waals surface area (Å²) in [5, 5.41) is 0.591. The van der Waals surface area contributed by atoms with E-state index in [1.165, 1.54) is 0 Å². The van der Waals surface area contributed by atoms with Gasteiger partial charge in [-0.1, -0.05) is 23.7 Å². The van der Waals surface area contributed by atoms with Gasteiger partial charge in [-0.2, -0.15) is 0 Å². The SMILES string of the molecule is O=C1Cc2cccc(Cl)c21. The molecule has 0 saturated carbocycles. The van der Waals surface area contributed by atoms with Crippen LogP contribution in [0.3, 0.4) is 0 Å². The molecule has 0 aliphatic heterocycles. The first-order chi connectivity index (χ1) is 4.79. The van der Waals surface area contributed by atoms with Crippen molar-refractivity contribution in [1.29, 1.82) is 0 Å². The van der Waals surface area contributed by atoms with Crippen molar-refractivity contribution < 1.29 is 4.79 Å². The molecule has 0 unspecified atom stereocenters. The normalized spacial score (nSPS) is 14.3. The van der Waals surface area contributed by atoms with Gasteiger partial charge in [0.25, 0.3) is 0 Å². The summed E-state index contributed by atoms with van der Waals surface area (Å²) in [6, 6.07) is 5.55. The van der Waals surface area contributed by atoms with Crippen LogP contribution >= 0.6 is 11.6 Å². The summed E-state index contributed by atoms with van der Waals surface area (Å²) < 4.78 is 0. The third kappa shape index (κ3) is 0.611. The van der Waals surface area contributed by atoms with E-state index in [4.69, 9.17) is 11.6 Å². The summed E-state index contributed by atoms with van der Waals surface area (Å²) in [5.74, 6) is 0.167. The maximum Gasteiger partial charge on any atom is 0.169 e. The molecule has 50 valence electrons. The van der Waals surface area contributed by atoms with Crippen molar-refractivity contribution in [2.45, 2.75) is 6.42 Å². The predicted octanol–water partition coefficient (Wildman–Crippen LogP) is 2.08. The van der Waals surface area contributed by atoms with Gasteiger partial charge in [0.1, 0.15) is 0 Å². The first-order valence-corrected chi connectivity index (χ1v) is 3.47. The van der Waals surface area contributed by atoms with Crippen molar-refractivity contribution in [2.24, 2.45) is 0 Å². The second-order valence-corrected chi connectivity index (χ2v) is 2.78. The molecular weight excluding hydrogens is 148 g/mol. The van der Waals surface area contributed by atoms with E-state index in [1.807, 2.05) is 12.1 Å². The Balaban J connectivity index is 2.68. The number of halogens is 1. The monoisotopic (exact) mass is 152 g/mol. The first-order valence-electron chi connectivity index (χ1n) is 3.09. The molecule has 0 spiro atoms. The van der Waals surface area contributed by atoms with Crippen molar-refractivity contribution in [3.63, 3.8) is 0 Å². The molecule has 10 heavy (non-hydrogen) atoms. The lowest BCUT2D eigenvalue weighted by Gasteiger charge is -2.17. The molecule has 0 amide bonds. The number of rotatable bonds is 0. The van der Waals surface area contributed by atoms with E-state index in [2.05, 4.69) is 0 Å². The van der Waals surface area contributed by atoms with E-state index in [9.17, 15) is 4.79 Å². The Kier molecular flexibility index (Phi) is 1.08. The van der Waals surface area contributed by atoms with Crippen molar-refractivity contribution in [2.75, 3.05) is 0 Å². The minimum atomic E-state index is 0.167. The summed E-state index contributed by atoms with van der Waals surface area (Å²) in [6.07, 6.45) is 0.565. The zero-order chi connectivity index (χ0) is 7.14. The number of hydrogen-bond acceptors (Lipinski definition) is 1. The van der Waals surface area contributed by atoms with Gasteiger partial charge in [0.15, 0.2) is 5.78 Å². The largest absolute Gasteiger partial charge is 0.294 e. The molecule has 0 N–H and O–H groups in total. The lowest BCUT2D eigenvalue weighted by molar-refractivity contribution is 0.0968. The Hall–Kier alpha value is -0.820. The van der Waals surface area contributed by atoms with Gasteiger partial charge >= 0.3 is 0 Å². The summed E-state index contributed by atoms with van der Waals surface area (Å²) in [7, 11) is 0. The van der Waals surface area contributed by atoms with E-state index in [-0.39, 0.29) is 5.78 Å². The van der Waals surface area contributed by atoms with Crippen LogP contribution in [-0.2, 0) is 6.42 Å². The van der Waals surface area contributed by atoms with E-state index in [0.29, 0.717) is 11.4 Å². The van der Waals surface area contributed by atoms with Crippen LogP contribution < -0.4 is 0 Å². The van der Waals surface area contributed by atoms with Crippen LogP contribution in [0.1, 0.15) is 15.9 Å². The van der Waals surface area contributed by atoms with Crippen LogP contribution in [-0.4, -0.2) is 5.78 Å². The van der Waals surface area contributed by atoms with Crippen LogP contribution in [0.15, 0.2) is 18.2 Å². The average Bonchev–Trinajstić information content (AvgIpc) is 1.85. The van der Waals surface area contributed by atoms with Crippen LogP contribution in [0.4, 0.5) is 0 Å². The minimum Gasteiger partial charge on any atom is -0.294 e. The van der Waals surface area contributed by atoms with Crippen molar-refractivity contribution >= 4 is 17.4 Å². The third-order valence-electron chi connectivity index (χ3n) is 1.73. The van der Waals surface area contributed by atoms with Gasteiger partial charge in [0, 0.05) is 12.0 Å². The predicted molar refractivity (Wildman–Crippen MR) is 39.5 cm³/mol. The first kappa shape index (κ1) is 5.93. The molecular formula is C8H5ClO. The quantitative estimate of drug-likeness (QED) is 0.556. The molecule has 1 nitrogen and oxygen atoms in total. The zero-order valence-corrected chi connectivity index (χ0v) is 5.98. The molecule has 0 bridgehead atoms. The summed E-state index contributed by atoms with van der Waals surface area (Å²) >= 11 is 5.74. The van der Waals surface area contributed by atoms with Gasteiger partial charge < -0.3 is 0 Å². The number of fused-ring (bicyclic) bond motifs is 1. The second-order valence-electron chi connectivity index (χ2n) is 2.37. The van der Waals surface area contributed by atoms with Crippen LogP contribution in [0.2, 0.25) is 5.02 Å². The molecule has 0 atom stereocenters. The average molecular weight is 153 g/mol. The number of ketones is 1. The molecule has 1 aromatic carbocycles. The van der Waals surface area contributed by atoms with Gasteiger partial charge in [-0.3, -0.25) is 4.79 Å². The highest BCUT2D eigenvalue weighted by Gasteiger charge is 2.24. The Bertz CT molecular complexity index is 290. The Morgan fingerprint density at radius 2 is 2.20 bits per heavy atom. The highest BCUT2D eigenvalue weighted by Crippen LogP contribution is 2.29. The third-order valence-corrected chi connectivity index (χ3v) is 2.04. The lowest BCUT2D eigenvalue weighted by atomic mass is 9.87. The molecule has 1 aromatic rings.